The molecule has 0 unspecified atom stereocenters. The number of H-pyrrole nitrogens is 1. The molecule has 1 amide bonds. The SMILES string of the molecule is Cc1cc(C(=O)N/N=C/c2ccccc2C(=O)O)n[nH]1. The van der Waals surface area contributed by atoms with E-state index in [4.69, 9.17) is 5.11 Å². The predicted molar refractivity (Wildman–Crippen MR) is 71.8 cm³/mol. The van der Waals surface area contributed by atoms with Gasteiger partial charge in [-0.25, -0.2) is 10.2 Å². The maximum absolute atomic E-state index is 11.6. The summed E-state index contributed by atoms with van der Waals surface area (Å²) in [5.41, 5.74) is 3.77. The molecule has 7 heteroatoms. The second kappa shape index (κ2) is 5.79. The minimum absolute atomic E-state index is 0.112. The highest BCUT2D eigenvalue weighted by Gasteiger charge is 2.09. The van der Waals surface area contributed by atoms with Crippen LogP contribution in [-0.2, 0) is 0 Å². The van der Waals surface area contributed by atoms with Gasteiger partial charge in [-0.05, 0) is 19.1 Å². The van der Waals surface area contributed by atoms with Gasteiger partial charge in [-0.1, -0.05) is 18.2 Å². The molecule has 0 radical (unpaired) electrons. The van der Waals surface area contributed by atoms with Gasteiger partial charge in [-0.3, -0.25) is 9.89 Å². The number of hydrazone groups is 1. The molecule has 1 aromatic heterocycles. The summed E-state index contributed by atoms with van der Waals surface area (Å²) in [7, 11) is 0. The molecular weight excluding hydrogens is 260 g/mol. The third-order valence-corrected chi connectivity index (χ3v) is 2.50. The number of nitrogens with zero attached hydrogens (tertiary/aromatic N) is 2. The summed E-state index contributed by atoms with van der Waals surface area (Å²) in [5.74, 6) is -1.53. The summed E-state index contributed by atoms with van der Waals surface area (Å²) < 4.78 is 0. The maximum atomic E-state index is 11.6. The monoisotopic (exact) mass is 272 g/mol. The van der Waals surface area contributed by atoms with E-state index in [1.165, 1.54) is 12.3 Å². The van der Waals surface area contributed by atoms with Crippen LogP contribution >= 0.6 is 0 Å². The van der Waals surface area contributed by atoms with E-state index in [0.717, 1.165) is 5.69 Å². The van der Waals surface area contributed by atoms with Crippen molar-refractivity contribution in [2.45, 2.75) is 6.92 Å². The van der Waals surface area contributed by atoms with E-state index in [1.54, 1.807) is 31.2 Å². The Morgan fingerprint density at radius 2 is 2.15 bits per heavy atom. The second-order valence-corrected chi connectivity index (χ2v) is 4.03. The van der Waals surface area contributed by atoms with Crippen molar-refractivity contribution in [1.82, 2.24) is 15.6 Å². The second-order valence-electron chi connectivity index (χ2n) is 4.03. The van der Waals surface area contributed by atoms with E-state index in [2.05, 4.69) is 20.7 Å². The Labute approximate surface area is 114 Å². The molecule has 2 rings (SSSR count). The van der Waals surface area contributed by atoms with Crippen molar-refractivity contribution >= 4 is 18.1 Å². The quantitative estimate of drug-likeness (QED) is 0.573. The number of amides is 1. The van der Waals surface area contributed by atoms with Crippen LogP contribution in [0.4, 0.5) is 0 Å². The lowest BCUT2D eigenvalue weighted by atomic mass is 10.1. The number of benzene rings is 1. The number of aromatic carboxylic acids is 1. The summed E-state index contributed by atoms with van der Waals surface area (Å²) >= 11 is 0. The fourth-order valence-electron chi connectivity index (χ4n) is 1.56. The molecule has 0 atom stereocenters. The predicted octanol–water partition coefficient (Wildman–Crippen LogP) is 1.18. The van der Waals surface area contributed by atoms with Gasteiger partial charge in [0.1, 0.15) is 0 Å². The highest BCUT2D eigenvalue weighted by Crippen LogP contribution is 2.05. The largest absolute Gasteiger partial charge is 0.478 e. The van der Waals surface area contributed by atoms with Gasteiger partial charge in [0.25, 0.3) is 5.91 Å². The lowest BCUT2D eigenvalue weighted by Crippen LogP contribution is -2.18. The van der Waals surface area contributed by atoms with Crippen LogP contribution in [0.3, 0.4) is 0 Å². The van der Waals surface area contributed by atoms with Crippen LogP contribution in [-0.4, -0.2) is 33.4 Å². The zero-order chi connectivity index (χ0) is 14.5. The topological polar surface area (TPSA) is 107 Å². The van der Waals surface area contributed by atoms with E-state index in [9.17, 15) is 9.59 Å². The van der Waals surface area contributed by atoms with E-state index in [0.29, 0.717) is 5.56 Å². The fraction of sp³-hybridized carbons (Fsp3) is 0.0769. The summed E-state index contributed by atoms with van der Waals surface area (Å²) in [6.45, 7) is 1.77. The average molecular weight is 272 g/mol. The lowest BCUT2D eigenvalue weighted by Gasteiger charge is -1.99. The van der Waals surface area contributed by atoms with Crippen molar-refractivity contribution in [3.63, 3.8) is 0 Å². The molecule has 0 spiro atoms. The van der Waals surface area contributed by atoms with E-state index < -0.39 is 11.9 Å². The van der Waals surface area contributed by atoms with Crippen LogP contribution in [0.5, 0.6) is 0 Å². The first kappa shape index (κ1) is 13.5. The van der Waals surface area contributed by atoms with Gasteiger partial charge in [0.15, 0.2) is 5.69 Å². The van der Waals surface area contributed by atoms with Crippen LogP contribution in [0.25, 0.3) is 0 Å². The minimum Gasteiger partial charge on any atom is -0.478 e. The van der Waals surface area contributed by atoms with Gasteiger partial charge < -0.3 is 5.11 Å². The lowest BCUT2D eigenvalue weighted by molar-refractivity contribution is 0.0696. The summed E-state index contributed by atoms with van der Waals surface area (Å²) in [4.78, 5) is 22.6. The van der Waals surface area contributed by atoms with Crippen molar-refractivity contribution in [2.24, 2.45) is 5.10 Å². The summed E-state index contributed by atoms with van der Waals surface area (Å²) in [6, 6.07) is 7.94. The molecule has 7 nitrogen and oxygen atoms in total. The summed E-state index contributed by atoms with van der Waals surface area (Å²) in [6.07, 6.45) is 1.28. The highest BCUT2D eigenvalue weighted by atomic mass is 16.4. The zero-order valence-electron chi connectivity index (χ0n) is 10.6. The molecule has 0 saturated carbocycles. The molecule has 0 aliphatic rings. The number of carboxylic acids is 1. The van der Waals surface area contributed by atoms with E-state index in [1.807, 2.05) is 0 Å². The number of aryl methyl sites for hydroxylation is 1. The number of aromatic amines is 1. The molecule has 102 valence electrons. The first-order valence-electron chi connectivity index (χ1n) is 5.75. The molecule has 0 aliphatic heterocycles. The molecule has 2 aromatic rings. The number of hydrogen-bond acceptors (Lipinski definition) is 4. The third-order valence-electron chi connectivity index (χ3n) is 2.50. The maximum Gasteiger partial charge on any atom is 0.336 e. The number of carboxylic acid groups (broad SMARTS) is 1. The Hall–Kier alpha value is -2.96. The van der Waals surface area contributed by atoms with Crippen molar-refractivity contribution < 1.29 is 14.7 Å². The molecule has 1 heterocycles. The van der Waals surface area contributed by atoms with E-state index >= 15 is 0 Å². The molecule has 3 N–H and O–H groups in total. The highest BCUT2D eigenvalue weighted by molar-refractivity contribution is 5.99. The molecule has 0 aliphatic carbocycles. The van der Waals surface area contributed by atoms with Crippen molar-refractivity contribution in [1.29, 1.82) is 0 Å². The van der Waals surface area contributed by atoms with Crippen LogP contribution in [0.1, 0.15) is 32.1 Å². The van der Waals surface area contributed by atoms with Gasteiger partial charge >= 0.3 is 5.97 Å². The van der Waals surface area contributed by atoms with Crippen LogP contribution in [0, 0.1) is 6.92 Å². The molecule has 0 saturated heterocycles. The zero-order valence-corrected chi connectivity index (χ0v) is 10.6. The van der Waals surface area contributed by atoms with E-state index in [-0.39, 0.29) is 11.3 Å². The number of rotatable bonds is 4. The van der Waals surface area contributed by atoms with Crippen molar-refractivity contribution in [2.75, 3.05) is 0 Å². The fourth-order valence-corrected chi connectivity index (χ4v) is 1.56. The Bertz CT molecular complexity index is 676. The molecule has 0 bridgehead atoms. The number of carbonyl (C=O) groups is 2. The molecule has 0 fully saturated rings. The standard InChI is InChI=1S/C13H12N4O3/c1-8-6-11(16-15-8)12(18)17-14-7-9-4-2-3-5-10(9)13(19)20/h2-7H,1H3,(H,15,16)(H,17,18)(H,19,20)/b14-7+. The van der Waals surface area contributed by atoms with Crippen LogP contribution < -0.4 is 5.43 Å². The van der Waals surface area contributed by atoms with Crippen molar-refractivity contribution in [3.8, 4) is 0 Å². The minimum atomic E-state index is -1.05. The average Bonchev–Trinajstić information content (AvgIpc) is 2.86. The Kier molecular flexibility index (Phi) is 3.90. The molecule has 20 heavy (non-hydrogen) atoms. The number of aromatic nitrogens is 2. The normalized spacial score (nSPS) is 10.7. The van der Waals surface area contributed by atoms with Gasteiger partial charge in [0.2, 0.25) is 0 Å². The number of carbonyl (C=O) groups excluding carboxylic acids is 1. The third kappa shape index (κ3) is 3.08. The Morgan fingerprint density at radius 3 is 2.80 bits per heavy atom. The van der Waals surface area contributed by atoms with Gasteiger partial charge in [0, 0.05) is 11.3 Å². The number of hydrogen-bond donors (Lipinski definition) is 3. The summed E-state index contributed by atoms with van der Waals surface area (Å²) in [5, 5.41) is 19.1. The van der Waals surface area contributed by atoms with Crippen LogP contribution in [0.2, 0.25) is 0 Å². The Balaban J connectivity index is 2.07. The molecule has 1 aromatic carbocycles. The van der Waals surface area contributed by atoms with Gasteiger partial charge in [-0.2, -0.15) is 10.2 Å². The smallest absolute Gasteiger partial charge is 0.336 e. The van der Waals surface area contributed by atoms with Crippen LogP contribution in [0.15, 0.2) is 35.4 Å². The Morgan fingerprint density at radius 1 is 1.40 bits per heavy atom. The van der Waals surface area contributed by atoms with Crippen molar-refractivity contribution in [3.05, 3.63) is 52.8 Å². The first-order valence-corrected chi connectivity index (χ1v) is 5.75. The van der Waals surface area contributed by atoms with Gasteiger partial charge in [0.05, 0.1) is 11.8 Å². The number of nitrogens with one attached hydrogen (secondary N) is 2. The molecular formula is C13H12N4O3. The first-order chi connectivity index (χ1) is 9.58. The van der Waals surface area contributed by atoms with Gasteiger partial charge in [-0.15, -0.1) is 0 Å².